The number of nitrogens with one attached hydrogen (secondary N) is 1. The van der Waals surface area contributed by atoms with E-state index in [0.29, 0.717) is 25.4 Å². The van der Waals surface area contributed by atoms with Crippen LogP contribution >= 0.6 is 0 Å². The maximum Gasteiger partial charge on any atom is 0.199 e. The molecule has 0 saturated carbocycles. The summed E-state index contributed by atoms with van der Waals surface area (Å²) in [6.45, 7) is 5.61. The zero-order chi connectivity index (χ0) is 11.9. The summed E-state index contributed by atoms with van der Waals surface area (Å²) < 4.78 is 6.97. The first kappa shape index (κ1) is 11.5. The van der Waals surface area contributed by atoms with E-state index in [9.17, 15) is 0 Å². The van der Waals surface area contributed by atoms with Crippen molar-refractivity contribution >= 4 is 11.5 Å². The van der Waals surface area contributed by atoms with Gasteiger partial charge in [-0.15, -0.1) is 11.7 Å². The molecule has 0 aliphatic rings. The highest BCUT2D eigenvalue weighted by molar-refractivity contribution is 5.43. The standard InChI is InChI=1S/C10H14N6O/c1-2-3-5-17-6-4-12-9-7-11-8-10-13-14-15-16(9)10/h2,7-8,12H,1,3-6H2. The third-order valence-corrected chi connectivity index (χ3v) is 2.13. The summed E-state index contributed by atoms with van der Waals surface area (Å²) in [6, 6.07) is 0. The van der Waals surface area contributed by atoms with E-state index in [-0.39, 0.29) is 0 Å². The van der Waals surface area contributed by atoms with Gasteiger partial charge < -0.3 is 10.1 Å². The Bertz CT molecular complexity index is 482. The average molecular weight is 234 g/mol. The molecule has 7 nitrogen and oxygen atoms in total. The summed E-state index contributed by atoms with van der Waals surface area (Å²) in [6.07, 6.45) is 5.97. The number of nitrogens with zero attached hydrogens (tertiary/aromatic N) is 5. The van der Waals surface area contributed by atoms with Crippen LogP contribution in [0, 0.1) is 0 Å². The van der Waals surface area contributed by atoms with Crippen LogP contribution in [0.4, 0.5) is 5.82 Å². The first-order chi connectivity index (χ1) is 8.42. The van der Waals surface area contributed by atoms with Crippen molar-refractivity contribution in [3.8, 4) is 0 Å². The minimum Gasteiger partial charge on any atom is -0.379 e. The van der Waals surface area contributed by atoms with Gasteiger partial charge in [0.2, 0.25) is 0 Å². The number of anilines is 1. The summed E-state index contributed by atoms with van der Waals surface area (Å²) in [5.41, 5.74) is 0.613. The van der Waals surface area contributed by atoms with Gasteiger partial charge >= 0.3 is 0 Å². The smallest absolute Gasteiger partial charge is 0.199 e. The predicted molar refractivity (Wildman–Crippen MR) is 62.7 cm³/mol. The summed E-state index contributed by atoms with van der Waals surface area (Å²) >= 11 is 0. The first-order valence-corrected chi connectivity index (χ1v) is 5.36. The second-order valence-electron chi connectivity index (χ2n) is 3.36. The topological polar surface area (TPSA) is 77.2 Å². The number of fused-ring (bicyclic) bond motifs is 1. The number of hydrogen-bond acceptors (Lipinski definition) is 6. The minimum absolute atomic E-state index is 0.613. The SMILES string of the molecule is C=CCCOCCNc1cncc2nnnn12. The summed E-state index contributed by atoms with van der Waals surface area (Å²) in [7, 11) is 0. The molecule has 90 valence electrons. The Morgan fingerprint density at radius 1 is 1.41 bits per heavy atom. The number of tetrazole rings is 1. The zero-order valence-corrected chi connectivity index (χ0v) is 9.41. The molecule has 0 bridgehead atoms. The molecule has 1 N–H and O–H groups in total. The molecule has 7 heteroatoms. The van der Waals surface area contributed by atoms with Gasteiger partial charge in [0, 0.05) is 6.54 Å². The zero-order valence-electron chi connectivity index (χ0n) is 9.41. The van der Waals surface area contributed by atoms with Crippen LogP contribution in [0.2, 0.25) is 0 Å². The molecule has 0 radical (unpaired) electrons. The van der Waals surface area contributed by atoms with E-state index in [1.807, 2.05) is 6.08 Å². The normalized spacial score (nSPS) is 10.6. The van der Waals surface area contributed by atoms with Gasteiger partial charge in [-0.1, -0.05) is 6.08 Å². The lowest BCUT2D eigenvalue weighted by atomic mass is 10.4. The fraction of sp³-hybridized carbons (Fsp3) is 0.400. The molecular weight excluding hydrogens is 220 g/mol. The maximum atomic E-state index is 5.37. The first-order valence-electron chi connectivity index (χ1n) is 5.36. The van der Waals surface area contributed by atoms with Gasteiger partial charge in [-0.3, -0.25) is 4.98 Å². The molecule has 0 atom stereocenters. The van der Waals surface area contributed by atoms with Crippen LogP contribution in [0.1, 0.15) is 6.42 Å². The molecular formula is C10H14N6O. The van der Waals surface area contributed by atoms with Crippen LogP contribution in [-0.4, -0.2) is 44.8 Å². The Morgan fingerprint density at radius 2 is 2.35 bits per heavy atom. The van der Waals surface area contributed by atoms with Crippen molar-refractivity contribution in [3.05, 3.63) is 25.0 Å². The van der Waals surface area contributed by atoms with Crippen molar-refractivity contribution in [2.24, 2.45) is 0 Å². The summed E-state index contributed by atoms with van der Waals surface area (Å²) in [4.78, 5) is 4.03. The van der Waals surface area contributed by atoms with Gasteiger partial charge in [0.25, 0.3) is 0 Å². The van der Waals surface area contributed by atoms with Gasteiger partial charge in [-0.25, -0.2) is 0 Å². The van der Waals surface area contributed by atoms with Crippen LogP contribution in [0.5, 0.6) is 0 Å². The van der Waals surface area contributed by atoms with Crippen molar-refractivity contribution < 1.29 is 4.74 Å². The molecule has 2 heterocycles. The van der Waals surface area contributed by atoms with E-state index in [1.54, 1.807) is 16.9 Å². The van der Waals surface area contributed by atoms with E-state index >= 15 is 0 Å². The molecule has 0 saturated heterocycles. The Hall–Kier alpha value is -2.02. The summed E-state index contributed by atoms with van der Waals surface area (Å²) in [5.74, 6) is 0.750. The van der Waals surface area contributed by atoms with Crippen LogP contribution in [0.3, 0.4) is 0 Å². The third kappa shape index (κ3) is 2.97. The highest BCUT2D eigenvalue weighted by Crippen LogP contribution is 2.04. The monoisotopic (exact) mass is 234 g/mol. The Kier molecular flexibility index (Phi) is 3.98. The molecule has 0 aliphatic heterocycles. The van der Waals surface area contributed by atoms with Gasteiger partial charge in [0.1, 0.15) is 5.82 Å². The van der Waals surface area contributed by atoms with Gasteiger partial charge in [-0.05, 0) is 16.8 Å². The van der Waals surface area contributed by atoms with Gasteiger partial charge in [-0.2, -0.15) is 4.52 Å². The number of ether oxygens (including phenoxy) is 1. The number of hydrogen-bond donors (Lipinski definition) is 1. The van der Waals surface area contributed by atoms with Crippen LogP contribution in [-0.2, 0) is 4.74 Å². The summed E-state index contributed by atoms with van der Waals surface area (Å²) in [5, 5.41) is 14.4. The van der Waals surface area contributed by atoms with E-state index in [1.165, 1.54) is 0 Å². The van der Waals surface area contributed by atoms with E-state index < -0.39 is 0 Å². The second-order valence-corrected chi connectivity index (χ2v) is 3.36. The molecule has 17 heavy (non-hydrogen) atoms. The maximum absolute atomic E-state index is 5.37. The Labute approximate surface area is 98.5 Å². The van der Waals surface area contributed by atoms with Gasteiger partial charge in [0.15, 0.2) is 5.65 Å². The Balaban J connectivity index is 1.82. The fourth-order valence-corrected chi connectivity index (χ4v) is 1.32. The van der Waals surface area contributed by atoms with Gasteiger partial charge in [0.05, 0.1) is 25.6 Å². The molecule has 0 unspecified atom stereocenters. The van der Waals surface area contributed by atoms with E-state index in [2.05, 4.69) is 32.4 Å². The quantitative estimate of drug-likeness (QED) is 0.556. The highest BCUT2D eigenvalue weighted by Gasteiger charge is 2.02. The van der Waals surface area contributed by atoms with Crippen molar-refractivity contribution in [2.75, 3.05) is 25.1 Å². The highest BCUT2D eigenvalue weighted by atomic mass is 16.5. The Morgan fingerprint density at radius 3 is 3.24 bits per heavy atom. The minimum atomic E-state index is 0.613. The van der Waals surface area contributed by atoms with Crippen LogP contribution in [0.25, 0.3) is 5.65 Å². The molecule has 0 fully saturated rings. The molecule has 2 aromatic rings. The molecule has 2 rings (SSSR count). The van der Waals surface area contributed by atoms with E-state index in [4.69, 9.17) is 4.74 Å². The van der Waals surface area contributed by atoms with E-state index in [0.717, 1.165) is 12.2 Å². The second kappa shape index (κ2) is 5.90. The van der Waals surface area contributed by atoms with Crippen molar-refractivity contribution in [1.82, 2.24) is 25.0 Å². The van der Waals surface area contributed by atoms with Crippen molar-refractivity contribution in [2.45, 2.75) is 6.42 Å². The lowest BCUT2D eigenvalue weighted by molar-refractivity contribution is 0.149. The van der Waals surface area contributed by atoms with Crippen molar-refractivity contribution in [1.29, 1.82) is 0 Å². The molecule has 0 aliphatic carbocycles. The lowest BCUT2D eigenvalue weighted by Gasteiger charge is -2.06. The predicted octanol–water partition coefficient (Wildman–Crippen LogP) is 0.524. The van der Waals surface area contributed by atoms with Crippen molar-refractivity contribution in [3.63, 3.8) is 0 Å². The lowest BCUT2D eigenvalue weighted by Crippen LogP contribution is -2.12. The third-order valence-electron chi connectivity index (χ3n) is 2.13. The largest absolute Gasteiger partial charge is 0.379 e. The average Bonchev–Trinajstić information content (AvgIpc) is 2.82. The molecule has 0 amide bonds. The molecule has 0 spiro atoms. The molecule has 0 aromatic carbocycles. The number of aromatic nitrogens is 5. The fourth-order valence-electron chi connectivity index (χ4n) is 1.32. The van der Waals surface area contributed by atoms with Crippen LogP contribution in [0.15, 0.2) is 25.0 Å². The number of rotatable bonds is 7. The van der Waals surface area contributed by atoms with Crippen LogP contribution < -0.4 is 5.32 Å². The molecule has 2 aromatic heterocycles.